The number of rotatable bonds is 3. The van der Waals surface area contributed by atoms with Crippen LogP contribution in [0.25, 0.3) is 0 Å². The first-order chi connectivity index (χ1) is 9.02. The van der Waals surface area contributed by atoms with Gasteiger partial charge in [0, 0.05) is 24.7 Å². The van der Waals surface area contributed by atoms with Crippen molar-refractivity contribution < 1.29 is 9.53 Å². The van der Waals surface area contributed by atoms with Crippen molar-refractivity contribution in [3.63, 3.8) is 0 Å². The van der Waals surface area contributed by atoms with E-state index < -0.39 is 0 Å². The van der Waals surface area contributed by atoms with Crippen LogP contribution < -0.4 is 10.1 Å². The van der Waals surface area contributed by atoms with Crippen molar-refractivity contribution in [2.75, 3.05) is 27.2 Å². The van der Waals surface area contributed by atoms with E-state index in [1.54, 1.807) is 25.3 Å². The number of carbonyl (C=O) groups is 1. The van der Waals surface area contributed by atoms with E-state index in [4.69, 9.17) is 4.74 Å². The van der Waals surface area contributed by atoms with Crippen LogP contribution in [0.15, 0.2) is 18.2 Å². The van der Waals surface area contributed by atoms with Crippen LogP contribution in [0.2, 0.25) is 0 Å². The van der Waals surface area contributed by atoms with E-state index in [1.807, 2.05) is 0 Å². The maximum Gasteiger partial charge on any atom is 0.270 e. The summed E-state index contributed by atoms with van der Waals surface area (Å²) >= 11 is 0. The molecule has 1 aliphatic heterocycles. The Morgan fingerprint density at radius 2 is 2.11 bits per heavy atom. The fourth-order valence-electron chi connectivity index (χ4n) is 2.23. The Labute approximate surface area is 114 Å². The molecule has 5 heteroatoms. The molecule has 104 valence electrons. The fraction of sp³-hybridized carbons (Fsp3) is 0.571. The number of ether oxygens (including phenoxy) is 1. The Bertz CT molecular complexity index is 454. The summed E-state index contributed by atoms with van der Waals surface area (Å²) in [5.74, 6) is 0.326. The molecular weight excluding hydrogens is 242 g/mol. The van der Waals surface area contributed by atoms with Gasteiger partial charge in [-0.15, -0.1) is 0 Å². The van der Waals surface area contributed by atoms with Crippen molar-refractivity contribution in [2.45, 2.75) is 25.3 Å². The predicted molar refractivity (Wildman–Crippen MR) is 73.4 cm³/mol. The van der Waals surface area contributed by atoms with Gasteiger partial charge in [-0.2, -0.15) is 0 Å². The molecule has 1 N–H and O–H groups in total. The highest BCUT2D eigenvalue weighted by atomic mass is 16.5. The number of carbonyl (C=O) groups excluding carboxylic acids is 1. The molecule has 1 aromatic rings. The lowest BCUT2D eigenvalue weighted by Crippen LogP contribution is -2.52. The maximum absolute atomic E-state index is 12.2. The average Bonchev–Trinajstić information content (AvgIpc) is 2.42. The van der Waals surface area contributed by atoms with E-state index in [2.05, 4.69) is 29.2 Å². The lowest BCUT2D eigenvalue weighted by molar-refractivity contribution is 0.0846. The van der Waals surface area contributed by atoms with E-state index in [0.717, 1.165) is 25.9 Å². The van der Waals surface area contributed by atoms with Crippen molar-refractivity contribution in [1.82, 2.24) is 15.2 Å². The minimum Gasteiger partial charge on any atom is -0.481 e. The third kappa shape index (κ3) is 3.44. The van der Waals surface area contributed by atoms with Crippen molar-refractivity contribution in [1.29, 1.82) is 0 Å². The van der Waals surface area contributed by atoms with Crippen LogP contribution in [0, 0.1) is 0 Å². The zero-order chi connectivity index (χ0) is 13.9. The number of nitrogens with one attached hydrogen (secondary N) is 1. The summed E-state index contributed by atoms with van der Waals surface area (Å²) in [6.45, 7) is 4.10. The van der Waals surface area contributed by atoms with Crippen molar-refractivity contribution in [3.8, 4) is 5.88 Å². The molecule has 0 atom stereocenters. The van der Waals surface area contributed by atoms with Crippen LogP contribution in [0.5, 0.6) is 5.88 Å². The van der Waals surface area contributed by atoms with Crippen molar-refractivity contribution in [3.05, 3.63) is 23.9 Å². The molecule has 19 heavy (non-hydrogen) atoms. The monoisotopic (exact) mass is 263 g/mol. The van der Waals surface area contributed by atoms with Gasteiger partial charge in [-0.25, -0.2) is 4.98 Å². The van der Waals surface area contributed by atoms with E-state index in [-0.39, 0.29) is 11.4 Å². The van der Waals surface area contributed by atoms with Gasteiger partial charge >= 0.3 is 0 Å². The molecule has 0 aromatic carbocycles. The van der Waals surface area contributed by atoms with Crippen LogP contribution in [-0.2, 0) is 0 Å². The minimum atomic E-state index is -0.144. The van der Waals surface area contributed by atoms with E-state index >= 15 is 0 Å². The van der Waals surface area contributed by atoms with Gasteiger partial charge in [0.2, 0.25) is 5.88 Å². The summed E-state index contributed by atoms with van der Waals surface area (Å²) in [7, 11) is 3.65. The molecule has 0 saturated carbocycles. The molecule has 1 aromatic heterocycles. The van der Waals surface area contributed by atoms with Crippen molar-refractivity contribution >= 4 is 5.91 Å². The maximum atomic E-state index is 12.2. The van der Waals surface area contributed by atoms with Crippen molar-refractivity contribution in [2.24, 2.45) is 0 Å². The van der Waals surface area contributed by atoms with Gasteiger partial charge in [0.25, 0.3) is 5.91 Å². The number of hydrogen-bond acceptors (Lipinski definition) is 4. The molecular formula is C14H21N3O2. The number of hydrogen-bond donors (Lipinski definition) is 1. The second kappa shape index (κ2) is 5.57. The number of nitrogens with zero attached hydrogens (tertiary/aromatic N) is 2. The third-order valence-corrected chi connectivity index (χ3v) is 3.67. The lowest BCUT2D eigenvalue weighted by Gasteiger charge is -2.38. The molecule has 0 aliphatic carbocycles. The topological polar surface area (TPSA) is 54.5 Å². The summed E-state index contributed by atoms with van der Waals surface area (Å²) in [5.41, 5.74) is 0.258. The van der Waals surface area contributed by atoms with Gasteiger partial charge in [-0.05, 0) is 32.9 Å². The Balaban J connectivity index is 2.04. The number of amides is 1. The molecule has 1 amide bonds. The summed E-state index contributed by atoms with van der Waals surface area (Å²) in [4.78, 5) is 18.7. The first-order valence-corrected chi connectivity index (χ1v) is 6.54. The van der Waals surface area contributed by atoms with E-state index in [9.17, 15) is 4.79 Å². The van der Waals surface area contributed by atoms with E-state index in [1.165, 1.54) is 0 Å². The summed E-state index contributed by atoms with van der Waals surface area (Å²) in [5, 5.41) is 3.10. The molecule has 2 heterocycles. The van der Waals surface area contributed by atoms with Crippen LogP contribution in [0.4, 0.5) is 0 Å². The third-order valence-electron chi connectivity index (χ3n) is 3.67. The van der Waals surface area contributed by atoms with Gasteiger partial charge < -0.3 is 15.0 Å². The van der Waals surface area contributed by atoms with Gasteiger partial charge in [0.05, 0.1) is 7.11 Å². The summed E-state index contributed by atoms with van der Waals surface area (Å²) < 4.78 is 5.04. The van der Waals surface area contributed by atoms with Crippen LogP contribution >= 0.6 is 0 Å². The smallest absolute Gasteiger partial charge is 0.270 e. The highest BCUT2D eigenvalue weighted by Crippen LogP contribution is 2.21. The first kappa shape index (κ1) is 13.8. The van der Waals surface area contributed by atoms with Gasteiger partial charge in [0.1, 0.15) is 5.69 Å². The Kier molecular flexibility index (Phi) is 4.04. The van der Waals surface area contributed by atoms with Crippen LogP contribution in [0.3, 0.4) is 0 Å². The normalized spacial score (nSPS) is 18.9. The highest BCUT2D eigenvalue weighted by molar-refractivity contribution is 5.92. The van der Waals surface area contributed by atoms with Crippen LogP contribution in [-0.4, -0.2) is 48.6 Å². The zero-order valence-electron chi connectivity index (χ0n) is 11.8. The summed E-state index contributed by atoms with van der Waals surface area (Å²) in [6.07, 6.45) is 1.92. The second-order valence-corrected chi connectivity index (χ2v) is 5.38. The largest absolute Gasteiger partial charge is 0.481 e. The number of methoxy groups -OCH3 is 1. The summed E-state index contributed by atoms with van der Waals surface area (Å²) in [6, 6.07) is 5.21. The average molecular weight is 263 g/mol. The van der Waals surface area contributed by atoms with Gasteiger partial charge in [-0.3, -0.25) is 4.79 Å². The first-order valence-electron chi connectivity index (χ1n) is 6.54. The van der Waals surface area contributed by atoms with Crippen LogP contribution in [0.1, 0.15) is 30.3 Å². The molecule has 2 rings (SSSR count). The molecule has 5 nitrogen and oxygen atoms in total. The number of pyridine rings is 1. The molecule has 0 spiro atoms. The van der Waals surface area contributed by atoms with Gasteiger partial charge in [-0.1, -0.05) is 6.07 Å². The number of piperidine rings is 1. The lowest BCUT2D eigenvalue weighted by atomic mass is 9.89. The van der Waals surface area contributed by atoms with E-state index in [0.29, 0.717) is 11.6 Å². The SMILES string of the molecule is COc1cccc(C(=O)NC2(C)CCN(C)CC2)n1. The molecule has 1 fully saturated rings. The molecule has 0 bridgehead atoms. The zero-order valence-corrected chi connectivity index (χ0v) is 11.8. The fourth-order valence-corrected chi connectivity index (χ4v) is 2.23. The second-order valence-electron chi connectivity index (χ2n) is 5.38. The molecule has 0 unspecified atom stereocenters. The minimum absolute atomic E-state index is 0.133. The predicted octanol–water partition coefficient (Wildman–Crippen LogP) is 1.30. The Morgan fingerprint density at radius 1 is 1.42 bits per heavy atom. The number of aromatic nitrogens is 1. The Morgan fingerprint density at radius 3 is 2.74 bits per heavy atom. The molecule has 1 saturated heterocycles. The standard InChI is InChI=1S/C14H21N3O2/c1-14(7-9-17(2)10-8-14)16-13(18)11-5-4-6-12(15-11)19-3/h4-6H,7-10H2,1-3H3,(H,16,18). The molecule has 0 radical (unpaired) electrons. The quantitative estimate of drug-likeness (QED) is 0.893. The van der Waals surface area contributed by atoms with Gasteiger partial charge in [0.15, 0.2) is 0 Å². The number of likely N-dealkylation sites (tertiary alicyclic amines) is 1. The highest BCUT2D eigenvalue weighted by Gasteiger charge is 2.30. The molecule has 1 aliphatic rings. The Hall–Kier alpha value is -1.62.